The quantitative estimate of drug-likeness (QED) is 0.292. The number of benzene rings is 1. The van der Waals surface area contributed by atoms with Crippen molar-refractivity contribution in [1.82, 2.24) is 10.2 Å². The van der Waals surface area contributed by atoms with Crippen LogP contribution in [0.15, 0.2) is 22.4 Å². The summed E-state index contributed by atoms with van der Waals surface area (Å²) in [6.07, 6.45) is 1.93. The number of azo groups is 1. The molecule has 0 spiro atoms. The molecule has 3 atom stereocenters. The van der Waals surface area contributed by atoms with E-state index in [1.807, 2.05) is 11.6 Å². The van der Waals surface area contributed by atoms with Gasteiger partial charge in [0.15, 0.2) is 0 Å². The number of carbonyl (C=O) groups is 1. The number of fused-ring (bicyclic) bond motifs is 1. The second kappa shape index (κ2) is 11.6. The number of aryl methyl sites for hydroxylation is 1. The highest BCUT2D eigenvalue weighted by atomic mass is 32.2. The van der Waals surface area contributed by atoms with Crippen molar-refractivity contribution in [3.63, 3.8) is 0 Å². The second-order valence-electron chi connectivity index (χ2n) is 8.96. The lowest BCUT2D eigenvalue weighted by atomic mass is 9.94. The minimum atomic E-state index is -4.96. The molecule has 2 aromatic rings. The summed E-state index contributed by atoms with van der Waals surface area (Å²) in [4.78, 5) is 14.3. The third-order valence-corrected chi connectivity index (χ3v) is 7.17. The van der Waals surface area contributed by atoms with E-state index in [4.69, 9.17) is 4.74 Å². The van der Waals surface area contributed by atoms with Crippen molar-refractivity contribution in [2.75, 3.05) is 16.2 Å². The lowest BCUT2D eigenvalue weighted by Crippen LogP contribution is -2.39. The maximum Gasteiger partial charge on any atom is 0.490 e. The Morgan fingerprint density at radius 1 is 1.31 bits per heavy atom. The number of rotatable bonds is 9. The minimum absolute atomic E-state index is 0.00970. The Bertz CT molecular complexity index is 1140. The lowest BCUT2D eigenvalue weighted by molar-refractivity contribution is -0.0379. The number of esters is 1. The maximum absolute atomic E-state index is 13.1. The molecule has 0 saturated carbocycles. The van der Waals surface area contributed by atoms with Crippen molar-refractivity contribution < 1.29 is 26.9 Å². The van der Waals surface area contributed by atoms with Gasteiger partial charge in [0.05, 0.1) is 11.8 Å². The zero-order chi connectivity index (χ0) is 26.6. The van der Waals surface area contributed by atoms with Crippen LogP contribution >= 0.6 is 11.3 Å². The van der Waals surface area contributed by atoms with Crippen molar-refractivity contribution in [2.24, 2.45) is 16.1 Å². The van der Waals surface area contributed by atoms with Crippen molar-refractivity contribution in [3.8, 4) is 0 Å². The molecule has 9 nitrogen and oxygen atoms in total. The van der Waals surface area contributed by atoms with Gasteiger partial charge in [0.25, 0.3) is 5.13 Å². The molecule has 1 aliphatic rings. The monoisotopic (exact) mass is 546 g/mol. The first-order chi connectivity index (χ1) is 16.9. The molecule has 0 radical (unpaired) electrons. The van der Waals surface area contributed by atoms with E-state index in [1.54, 1.807) is 19.1 Å². The molecule has 2 heterocycles. The van der Waals surface area contributed by atoms with Crippen LogP contribution in [0.5, 0.6) is 0 Å². The van der Waals surface area contributed by atoms with E-state index in [-0.39, 0.29) is 33.7 Å². The number of ether oxygens (including phenoxy) is 1. The lowest BCUT2D eigenvalue weighted by Gasteiger charge is -2.38. The molecule has 198 valence electrons. The SMILES string of the molecule is CCC(C)OC(=O)c1nnc(N=Nc2cc3c(cc2NS(=O)C(F)(F)F)N(CC(C)C)C(C)CC3)s1. The van der Waals surface area contributed by atoms with Gasteiger partial charge in [0.2, 0.25) is 16.0 Å². The summed E-state index contributed by atoms with van der Waals surface area (Å²) in [5.41, 5.74) is -3.28. The van der Waals surface area contributed by atoms with Gasteiger partial charge in [-0.2, -0.15) is 13.2 Å². The van der Waals surface area contributed by atoms with Crippen molar-refractivity contribution in [2.45, 2.75) is 71.5 Å². The molecule has 1 N–H and O–H groups in total. The summed E-state index contributed by atoms with van der Waals surface area (Å²) in [5, 5.41) is 15.6. The summed E-state index contributed by atoms with van der Waals surface area (Å²) >= 11 is 0.847. The van der Waals surface area contributed by atoms with E-state index in [1.165, 1.54) is 0 Å². The summed E-state index contributed by atoms with van der Waals surface area (Å²) in [6, 6.07) is 3.39. The highest BCUT2D eigenvalue weighted by Gasteiger charge is 2.38. The van der Waals surface area contributed by atoms with E-state index in [9.17, 15) is 22.2 Å². The molecule has 0 aliphatic carbocycles. The van der Waals surface area contributed by atoms with Crippen molar-refractivity contribution in [1.29, 1.82) is 0 Å². The molecule has 14 heteroatoms. The zero-order valence-corrected chi connectivity index (χ0v) is 22.3. The first-order valence-corrected chi connectivity index (χ1v) is 13.5. The van der Waals surface area contributed by atoms with Gasteiger partial charge in [-0.05, 0) is 56.7 Å². The third-order valence-electron chi connectivity index (χ3n) is 5.56. The van der Waals surface area contributed by atoms with Gasteiger partial charge in [0, 0.05) is 18.3 Å². The topological polar surface area (TPSA) is 109 Å². The summed E-state index contributed by atoms with van der Waals surface area (Å²) in [5.74, 6) is -0.309. The van der Waals surface area contributed by atoms with Crippen LogP contribution in [0, 0.1) is 5.92 Å². The molecular formula is C22H29F3N6O3S2. The fraction of sp³-hybridized carbons (Fsp3) is 0.591. The predicted octanol–water partition coefficient (Wildman–Crippen LogP) is 6.30. The number of halogens is 3. The van der Waals surface area contributed by atoms with Crippen LogP contribution in [0.1, 0.15) is 62.8 Å². The Balaban J connectivity index is 1.95. The van der Waals surface area contributed by atoms with Crippen LogP contribution < -0.4 is 9.62 Å². The molecule has 1 aromatic carbocycles. The standard InChI is InChI=1S/C22H29F3N6O3S2/c1-6-14(5)34-20(32)19-27-29-21(35-19)28-26-16-9-15-8-7-13(4)31(11-12(2)3)18(15)10-17(16)30-36(33)22(23,24)25/h9-10,12-14,30H,6-8,11H2,1-5H3. The predicted molar refractivity (Wildman–Crippen MR) is 133 cm³/mol. The number of hydrogen-bond acceptors (Lipinski definition) is 9. The molecule has 3 unspecified atom stereocenters. The summed E-state index contributed by atoms with van der Waals surface area (Å²) in [7, 11) is -3.34. The molecule has 1 aromatic heterocycles. The van der Waals surface area contributed by atoms with E-state index in [2.05, 4.69) is 46.1 Å². The van der Waals surface area contributed by atoms with Crippen molar-refractivity contribution >= 4 is 50.5 Å². The van der Waals surface area contributed by atoms with Gasteiger partial charge in [-0.15, -0.1) is 20.4 Å². The number of nitrogens with one attached hydrogen (secondary N) is 1. The van der Waals surface area contributed by atoms with Gasteiger partial charge < -0.3 is 9.64 Å². The number of aromatic nitrogens is 2. The molecule has 1 aliphatic heterocycles. The van der Waals surface area contributed by atoms with Gasteiger partial charge >= 0.3 is 11.5 Å². The molecule has 36 heavy (non-hydrogen) atoms. The molecule has 0 amide bonds. The van der Waals surface area contributed by atoms with Crippen LogP contribution in [0.25, 0.3) is 0 Å². The normalized spacial score (nSPS) is 17.8. The van der Waals surface area contributed by atoms with E-state index in [0.29, 0.717) is 18.8 Å². The average molecular weight is 547 g/mol. The maximum atomic E-state index is 13.1. The number of nitrogens with zero attached hydrogens (tertiary/aromatic N) is 5. The first-order valence-electron chi connectivity index (χ1n) is 11.5. The average Bonchev–Trinajstić information content (AvgIpc) is 3.28. The van der Waals surface area contributed by atoms with Gasteiger partial charge in [0.1, 0.15) is 5.69 Å². The number of hydrogen-bond donors (Lipinski definition) is 1. The highest BCUT2D eigenvalue weighted by molar-refractivity contribution is 7.87. The fourth-order valence-corrected chi connectivity index (χ4v) is 4.62. The first kappa shape index (κ1) is 28.0. The Morgan fingerprint density at radius 2 is 2.03 bits per heavy atom. The zero-order valence-electron chi connectivity index (χ0n) is 20.6. The fourth-order valence-electron chi connectivity index (χ4n) is 3.59. The van der Waals surface area contributed by atoms with E-state index >= 15 is 0 Å². The second-order valence-corrected chi connectivity index (χ2v) is 11.1. The Morgan fingerprint density at radius 3 is 2.67 bits per heavy atom. The van der Waals surface area contributed by atoms with Gasteiger partial charge in [-0.1, -0.05) is 32.1 Å². The molecule has 0 saturated heterocycles. The van der Waals surface area contributed by atoms with Crippen LogP contribution in [-0.2, 0) is 22.1 Å². The Kier molecular flexibility index (Phi) is 9.03. The summed E-state index contributed by atoms with van der Waals surface area (Å²) < 4.78 is 58.3. The number of carbonyl (C=O) groups excluding carboxylic acids is 1. The van der Waals surface area contributed by atoms with Crippen molar-refractivity contribution in [3.05, 3.63) is 22.7 Å². The van der Waals surface area contributed by atoms with Crippen LogP contribution in [-0.4, -0.2) is 44.6 Å². The van der Waals surface area contributed by atoms with Crippen LogP contribution in [0.3, 0.4) is 0 Å². The third kappa shape index (κ3) is 6.99. The Hall–Kier alpha value is -2.61. The molecule has 3 rings (SSSR count). The largest absolute Gasteiger partial charge is 0.490 e. The smallest absolute Gasteiger partial charge is 0.457 e. The number of alkyl halides is 3. The molecular weight excluding hydrogens is 517 g/mol. The Labute approximate surface area is 214 Å². The van der Waals surface area contributed by atoms with Crippen LogP contribution in [0.4, 0.5) is 35.4 Å². The van der Waals surface area contributed by atoms with Crippen LogP contribution in [0.2, 0.25) is 0 Å². The molecule has 0 fully saturated rings. The summed E-state index contributed by atoms with van der Waals surface area (Å²) in [6.45, 7) is 10.5. The number of anilines is 2. The van der Waals surface area contributed by atoms with Gasteiger partial charge in [-0.25, -0.2) is 9.00 Å². The van der Waals surface area contributed by atoms with Gasteiger partial charge in [-0.3, -0.25) is 4.72 Å². The van der Waals surface area contributed by atoms with E-state index < -0.39 is 22.5 Å². The van der Waals surface area contributed by atoms with E-state index in [0.717, 1.165) is 35.6 Å². The molecule has 0 bridgehead atoms. The highest BCUT2D eigenvalue weighted by Crippen LogP contribution is 2.40. The minimum Gasteiger partial charge on any atom is -0.457 e.